The van der Waals surface area contributed by atoms with Gasteiger partial charge in [0.05, 0.1) is 0 Å². The van der Waals surface area contributed by atoms with Crippen molar-refractivity contribution in [2.45, 2.75) is 39.5 Å². The van der Waals surface area contributed by atoms with E-state index in [9.17, 15) is 22.4 Å². The summed E-state index contributed by atoms with van der Waals surface area (Å²) in [7, 11) is 0. The number of hydrogen-bond acceptors (Lipinski definition) is 6. The molecular formula is C21H22F4N6OS. The van der Waals surface area contributed by atoms with E-state index in [1.807, 2.05) is 11.8 Å². The Labute approximate surface area is 191 Å². The van der Waals surface area contributed by atoms with Crippen LogP contribution in [0.25, 0.3) is 11.3 Å². The topological polar surface area (TPSA) is 67.2 Å². The SMILES string of the molecule is Cc1nc(C)n(CC(=O)N2CCN(c3sc(C(F)(F)F)nc3-c3ccc(F)cc3)CC2C)n1. The van der Waals surface area contributed by atoms with E-state index >= 15 is 0 Å². The highest BCUT2D eigenvalue weighted by atomic mass is 32.1. The quantitative estimate of drug-likeness (QED) is 0.528. The molecule has 3 aromatic rings. The number of alkyl halides is 3. The lowest BCUT2D eigenvalue weighted by atomic mass is 10.1. The van der Waals surface area contributed by atoms with Gasteiger partial charge in [0.15, 0.2) is 0 Å². The molecule has 12 heteroatoms. The molecule has 176 valence electrons. The Morgan fingerprint density at radius 1 is 1.15 bits per heavy atom. The van der Waals surface area contributed by atoms with E-state index < -0.39 is 17.0 Å². The van der Waals surface area contributed by atoms with Gasteiger partial charge in [-0.15, -0.1) is 0 Å². The Hall–Kier alpha value is -3.02. The number of amides is 1. The molecular weight excluding hydrogens is 460 g/mol. The highest BCUT2D eigenvalue weighted by Gasteiger charge is 2.38. The van der Waals surface area contributed by atoms with Gasteiger partial charge in [0.1, 0.15) is 34.7 Å². The maximum absolute atomic E-state index is 13.4. The highest BCUT2D eigenvalue weighted by molar-refractivity contribution is 7.16. The van der Waals surface area contributed by atoms with Crippen molar-refractivity contribution in [2.75, 3.05) is 24.5 Å². The first-order chi connectivity index (χ1) is 15.5. The predicted octanol–water partition coefficient (Wildman–Crippen LogP) is 3.91. The molecule has 33 heavy (non-hydrogen) atoms. The van der Waals surface area contributed by atoms with Crippen molar-refractivity contribution in [3.8, 4) is 11.3 Å². The van der Waals surface area contributed by atoms with Crippen LogP contribution in [0.15, 0.2) is 24.3 Å². The second-order valence-corrected chi connectivity index (χ2v) is 8.90. The van der Waals surface area contributed by atoms with Crippen molar-refractivity contribution < 1.29 is 22.4 Å². The lowest BCUT2D eigenvalue weighted by molar-refractivity contribution is -0.137. The number of aryl methyl sites for hydroxylation is 2. The van der Waals surface area contributed by atoms with Crippen LogP contribution in [0.5, 0.6) is 0 Å². The summed E-state index contributed by atoms with van der Waals surface area (Å²) < 4.78 is 55.1. The van der Waals surface area contributed by atoms with Crippen LogP contribution in [0.3, 0.4) is 0 Å². The number of benzene rings is 1. The molecule has 0 radical (unpaired) electrons. The zero-order valence-electron chi connectivity index (χ0n) is 18.2. The lowest BCUT2D eigenvalue weighted by Crippen LogP contribution is -2.54. The van der Waals surface area contributed by atoms with Crippen molar-refractivity contribution in [1.29, 1.82) is 0 Å². The summed E-state index contributed by atoms with van der Waals surface area (Å²) >= 11 is 0.561. The number of halogens is 4. The number of nitrogens with zero attached hydrogens (tertiary/aromatic N) is 6. The van der Waals surface area contributed by atoms with E-state index in [-0.39, 0.29) is 24.2 Å². The van der Waals surface area contributed by atoms with Crippen molar-refractivity contribution in [3.63, 3.8) is 0 Å². The van der Waals surface area contributed by atoms with Crippen LogP contribution in [0, 0.1) is 19.7 Å². The molecule has 1 aliphatic heterocycles. The van der Waals surface area contributed by atoms with Crippen LogP contribution in [-0.4, -0.2) is 56.2 Å². The van der Waals surface area contributed by atoms with E-state index in [1.54, 1.807) is 23.4 Å². The fraction of sp³-hybridized carbons (Fsp3) is 0.429. The maximum Gasteiger partial charge on any atom is 0.443 e. The zero-order chi connectivity index (χ0) is 23.9. The minimum atomic E-state index is -4.59. The number of anilines is 1. The number of piperazine rings is 1. The summed E-state index contributed by atoms with van der Waals surface area (Å²) in [6.45, 7) is 6.46. The van der Waals surface area contributed by atoms with Crippen LogP contribution in [0.4, 0.5) is 22.6 Å². The first-order valence-electron chi connectivity index (χ1n) is 10.3. The number of rotatable bonds is 4. The van der Waals surface area contributed by atoms with Gasteiger partial charge in [0.2, 0.25) is 10.9 Å². The van der Waals surface area contributed by atoms with Crippen LogP contribution in [-0.2, 0) is 17.5 Å². The van der Waals surface area contributed by atoms with Crippen molar-refractivity contribution >= 4 is 22.2 Å². The normalized spacial score (nSPS) is 17.0. The number of carbonyl (C=O) groups excluding carboxylic acids is 1. The van der Waals surface area contributed by atoms with Crippen LogP contribution in [0.2, 0.25) is 0 Å². The zero-order valence-corrected chi connectivity index (χ0v) is 19.0. The molecule has 0 N–H and O–H groups in total. The van der Waals surface area contributed by atoms with Gasteiger partial charge in [-0.05, 0) is 45.0 Å². The van der Waals surface area contributed by atoms with Crippen LogP contribution >= 0.6 is 11.3 Å². The molecule has 3 heterocycles. The third-order valence-corrected chi connectivity index (χ3v) is 6.61. The highest BCUT2D eigenvalue weighted by Crippen LogP contribution is 2.43. The Balaban J connectivity index is 1.56. The van der Waals surface area contributed by atoms with E-state index in [0.29, 0.717) is 53.2 Å². The van der Waals surface area contributed by atoms with E-state index in [4.69, 9.17) is 0 Å². The first kappa shape index (κ1) is 23.1. The third kappa shape index (κ3) is 4.85. The molecule has 4 rings (SSSR count). The summed E-state index contributed by atoms with van der Waals surface area (Å²) in [6, 6.07) is 4.98. The van der Waals surface area contributed by atoms with Gasteiger partial charge in [-0.1, -0.05) is 11.3 Å². The summed E-state index contributed by atoms with van der Waals surface area (Å²) in [5.74, 6) is 0.608. The van der Waals surface area contributed by atoms with Gasteiger partial charge < -0.3 is 9.80 Å². The largest absolute Gasteiger partial charge is 0.443 e. The van der Waals surface area contributed by atoms with Crippen molar-refractivity contribution in [1.82, 2.24) is 24.6 Å². The van der Waals surface area contributed by atoms with Crippen LogP contribution in [0.1, 0.15) is 23.6 Å². The smallest absolute Gasteiger partial charge is 0.358 e. The Kier molecular flexibility index (Phi) is 6.12. The second-order valence-electron chi connectivity index (χ2n) is 7.92. The Bertz CT molecular complexity index is 1160. The number of carbonyl (C=O) groups is 1. The molecule has 0 saturated carbocycles. The third-order valence-electron chi connectivity index (χ3n) is 5.45. The average Bonchev–Trinajstić information content (AvgIpc) is 3.32. The van der Waals surface area contributed by atoms with Crippen molar-refractivity contribution in [2.24, 2.45) is 0 Å². The first-order valence-corrected chi connectivity index (χ1v) is 11.1. The number of thiazole rings is 1. The molecule has 0 aliphatic carbocycles. The molecule has 0 bridgehead atoms. The van der Waals surface area contributed by atoms with Gasteiger partial charge in [-0.3, -0.25) is 4.79 Å². The molecule has 1 aromatic carbocycles. The van der Waals surface area contributed by atoms with E-state index in [0.717, 1.165) is 0 Å². The molecule has 1 unspecified atom stereocenters. The average molecular weight is 483 g/mol. The summed E-state index contributed by atoms with van der Waals surface area (Å²) in [5.41, 5.74) is 0.564. The lowest BCUT2D eigenvalue weighted by Gasteiger charge is -2.40. The standard InChI is InChI=1S/C21H22F4N6OS/c1-12-10-29(8-9-30(12)17(32)11-31-14(3)26-13(2)28-31)19-18(15-4-6-16(22)7-5-15)27-20(33-19)21(23,24)25/h4-7,12H,8-11H2,1-3H3. The van der Waals surface area contributed by atoms with Crippen molar-refractivity contribution in [3.05, 3.63) is 46.7 Å². The van der Waals surface area contributed by atoms with Crippen LogP contribution < -0.4 is 4.90 Å². The number of aromatic nitrogens is 4. The van der Waals surface area contributed by atoms with Gasteiger partial charge in [0.25, 0.3) is 0 Å². The molecule has 1 atom stereocenters. The Morgan fingerprint density at radius 2 is 1.85 bits per heavy atom. The summed E-state index contributed by atoms with van der Waals surface area (Å²) in [4.78, 5) is 24.4. The van der Waals surface area contributed by atoms with Gasteiger partial charge in [0, 0.05) is 31.2 Å². The molecule has 0 spiro atoms. The summed E-state index contributed by atoms with van der Waals surface area (Å²) in [5, 5.41) is 3.62. The predicted molar refractivity (Wildman–Crippen MR) is 115 cm³/mol. The minimum Gasteiger partial charge on any atom is -0.358 e. The van der Waals surface area contributed by atoms with Gasteiger partial charge in [-0.25, -0.2) is 19.0 Å². The maximum atomic E-state index is 13.4. The minimum absolute atomic E-state index is 0.0522. The summed E-state index contributed by atoms with van der Waals surface area (Å²) in [6.07, 6.45) is -4.59. The molecule has 7 nitrogen and oxygen atoms in total. The monoisotopic (exact) mass is 482 g/mol. The fourth-order valence-electron chi connectivity index (χ4n) is 3.89. The molecule has 1 fully saturated rings. The second kappa shape index (κ2) is 8.73. The Morgan fingerprint density at radius 3 is 2.42 bits per heavy atom. The van der Waals surface area contributed by atoms with Gasteiger partial charge >= 0.3 is 6.18 Å². The molecule has 2 aromatic heterocycles. The molecule has 1 saturated heterocycles. The van der Waals surface area contributed by atoms with Gasteiger partial charge in [-0.2, -0.15) is 18.3 Å². The van der Waals surface area contributed by atoms with E-state index in [2.05, 4.69) is 15.1 Å². The fourth-order valence-corrected chi connectivity index (χ4v) is 4.88. The van der Waals surface area contributed by atoms with E-state index in [1.165, 1.54) is 24.3 Å². The molecule has 1 amide bonds. The number of hydrogen-bond donors (Lipinski definition) is 0. The molecule has 1 aliphatic rings.